The van der Waals surface area contributed by atoms with Gasteiger partial charge in [0.05, 0.1) is 12.7 Å². The second-order valence-corrected chi connectivity index (χ2v) is 5.02. The van der Waals surface area contributed by atoms with Gasteiger partial charge in [0.15, 0.2) is 0 Å². The van der Waals surface area contributed by atoms with E-state index >= 15 is 0 Å². The zero-order valence-electron chi connectivity index (χ0n) is 9.20. The number of carbonyl (C=O) groups is 1. The summed E-state index contributed by atoms with van der Waals surface area (Å²) in [5.74, 6) is -0.0781. The number of nitrogens with zero attached hydrogens (tertiary/aromatic N) is 2. The lowest BCUT2D eigenvalue weighted by Gasteiger charge is -2.04. The number of H-pyrrole nitrogens is 1. The summed E-state index contributed by atoms with van der Waals surface area (Å²) >= 11 is 6.62. The second-order valence-electron chi connectivity index (χ2n) is 3.25. The minimum absolute atomic E-state index is 0.165. The van der Waals surface area contributed by atoms with Crippen LogP contribution in [0.2, 0.25) is 0 Å². The summed E-state index contributed by atoms with van der Waals surface area (Å²) in [7, 11) is 1.44. The van der Waals surface area contributed by atoms with E-state index in [9.17, 15) is 4.79 Å². The first kappa shape index (κ1) is 13.0. The number of methoxy groups -OCH3 is 1. The molecule has 2 N–H and O–H groups in total. The van der Waals surface area contributed by atoms with Crippen molar-refractivity contribution in [1.82, 2.24) is 15.2 Å². The molecule has 0 aliphatic rings. The number of ether oxygens (including phenoxy) is 1. The van der Waals surface area contributed by atoms with E-state index in [0.29, 0.717) is 10.0 Å². The van der Waals surface area contributed by atoms with E-state index in [-0.39, 0.29) is 17.9 Å². The molecule has 0 unspecified atom stereocenters. The van der Waals surface area contributed by atoms with Crippen LogP contribution in [0, 0.1) is 0 Å². The van der Waals surface area contributed by atoms with Crippen LogP contribution < -0.4 is 10.1 Å². The molecule has 0 bridgehead atoms. The Hall–Kier alpha value is -1.41. The number of halogens is 2. The van der Waals surface area contributed by atoms with Crippen molar-refractivity contribution in [3.05, 3.63) is 32.7 Å². The van der Waals surface area contributed by atoms with Crippen molar-refractivity contribution in [2.75, 3.05) is 12.4 Å². The molecule has 8 heteroatoms. The minimum Gasteiger partial charge on any atom is -0.466 e. The first-order valence-electron chi connectivity index (χ1n) is 4.83. The summed E-state index contributed by atoms with van der Waals surface area (Å²) in [4.78, 5) is 15.9. The van der Waals surface area contributed by atoms with Crippen LogP contribution in [0.3, 0.4) is 0 Å². The van der Waals surface area contributed by atoms with Crippen molar-refractivity contribution in [3.8, 4) is 6.01 Å². The predicted molar refractivity (Wildman–Crippen MR) is 72.7 cm³/mol. The minimum atomic E-state index is -0.304. The van der Waals surface area contributed by atoms with E-state index in [2.05, 4.69) is 52.4 Å². The number of rotatable bonds is 3. The van der Waals surface area contributed by atoms with E-state index in [1.54, 1.807) is 12.1 Å². The number of aromatic amines is 1. The summed E-state index contributed by atoms with van der Waals surface area (Å²) < 4.78 is 6.30. The van der Waals surface area contributed by atoms with Gasteiger partial charge in [-0.3, -0.25) is 10.1 Å². The maximum atomic E-state index is 12.0. The quantitative estimate of drug-likeness (QED) is 0.864. The van der Waals surface area contributed by atoms with Crippen molar-refractivity contribution in [2.45, 2.75) is 0 Å². The molecule has 0 atom stereocenters. The molecule has 1 aromatic carbocycles. The molecule has 0 aliphatic heterocycles. The van der Waals surface area contributed by atoms with Gasteiger partial charge in [-0.2, -0.15) is 4.98 Å². The lowest BCUT2D eigenvalue weighted by atomic mass is 10.2. The molecule has 0 aliphatic carbocycles. The molecule has 0 saturated heterocycles. The highest BCUT2D eigenvalue weighted by atomic mass is 79.9. The Morgan fingerprint density at radius 1 is 1.44 bits per heavy atom. The number of amides is 1. The average molecular weight is 376 g/mol. The summed E-state index contributed by atoms with van der Waals surface area (Å²) in [6.45, 7) is 0. The number of hydrogen-bond donors (Lipinski definition) is 2. The summed E-state index contributed by atoms with van der Waals surface area (Å²) in [5, 5.41) is 8.86. The van der Waals surface area contributed by atoms with Gasteiger partial charge in [-0.25, -0.2) is 5.10 Å². The number of anilines is 1. The highest BCUT2D eigenvalue weighted by Crippen LogP contribution is 2.22. The first-order chi connectivity index (χ1) is 8.60. The molecule has 2 rings (SSSR count). The molecule has 18 heavy (non-hydrogen) atoms. The summed E-state index contributed by atoms with van der Waals surface area (Å²) in [6, 6.07) is 5.48. The molecule has 94 valence electrons. The zero-order chi connectivity index (χ0) is 13.1. The number of carbonyl (C=O) groups excluding carboxylic acids is 1. The van der Waals surface area contributed by atoms with Gasteiger partial charge in [-0.15, -0.1) is 5.10 Å². The van der Waals surface area contributed by atoms with Gasteiger partial charge in [0.1, 0.15) is 0 Å². The van der Waals surface area contributed by atoms with Gasteiger partial charge in [0.2, 0.25) is 5.95 Å². The fourth-order valence-electron chi connectivity index (χ4n) is 1.24. The molecular formula is C10H8Br2N4O2. The Morgan fingerprint density at radius 2 is 2.22 bits per heavy atom. The maximum Gasteiger partial charge on any atom is 0.336 e. The van der Waals surface area contributed by atoms with Crippen LogP contribution in [-0.4, -0.2) is 28.2 Å². The van der Waals surface area contributed by atoms with Gasteiger partial charge in [0, 0.05) is 8.95 Å². The average Bonchev–Trinajstić information content (AvgIpc) is 2.80. The summed E-state index contributed by atoms with van der Waals surface area (Å²) in [5.41, 5.74) is 0.486. The molecule has 1 heterocycles. The standard InChI is InChI=1S/C10H8Br2N4O2/c1-18-10-14-9(15-16-10)13-8(17)6-4-5(11)2-3-7(6)12/h2-4H,1H3,(H2,13,14,15,16,17). The van der Waals surface area contributed by atoms with Crippen molar-refractivity contribution >= 4 is 43.7 Å². The Balaban J connectivity index is 2.19. The molecule has 0 saturated carbocycles. The maximum absolute atomic E-state index is 12.0. The monoisotopic (exact) mass is 374 g/mol. The van der Waals surface area contributed by atoms with Crippen molar-refractivity contribution in [1.29, 1.82) is 0 Å². The lowest BCUT2D eigenvalue weighted by Crippen LogP contribution is -2.13. The van der Waals surface area contributed by atoms with E-state index in [1.807, 2.05) is 6.07 Å². The molecule has 0 fully saturated rings. The van der Waals surface area contributed by atoms with Gasteiger partial charge < -0.3 is 4.74 Å². The molecular weight excluding hydrogens is 368 g/mol. The Labute approximate surface area is 119 Å². The molecule has 6 nitrogen and oxygen atoms in total. The van der Waals surface area contributed by atoms with Crippen LogP contribution in [0.4, 0.5) is 5.95 Å². The number of benzene rings is 1. The Morgan fingerprint density at radius 3 is 2.89 bits per heavy atom. The van der Waals surface area contributed by atoms with Gasteiger partial charge >= 0.3 is 6.01 Å². The second kappa shape index (κ2) is 5.49. The Bertz CT molecular complexity index is 585. The SMILES string of the molecule is COc1n[nH]c(NC(=O)c2cc(Br)ccc2Br)n1. The summed E-state index contributed by atoms with van der Waals surface area (Å²) in [6.07, 6.45) is 0. The van der Waals surface area contributed by atoms with E-state index < -0.39 is 0 Å². The molecule has 0 radical (unpaired) electrons. The molecule has 1 amide bonds. The third-order valence-corrected chi connectivity index (χ3v) is 3.24. The third kappa shape index (κ3) is 2.88. The number of hydrogen-bond acceptors (Lipinski definition) is 4. The largest absolute Gasteiger partial charge is 0.466 e. The molecule has 1 aromatic heterocycles. The fraction of sp³-hybridized carbons (Fsp3) is 0.100. The number of nitrogens with one attached hydrogen (secondary N) is 2. The number of aromatic nitrogens is 3. The molecule has 2 aromatic rings. The van der Waals surface area contributed by atoms with Crippen LogP contribution >= 0.6 is 31.9 Å². The predicted octanol–water partition coefficient (Wildman–Crippen LogP) is 2.59. The van der Waals surface area contributed by atoms with Gasteiger partial charge in [0.25, 0.3) is 5.91 Å². The topological polar surface area (TPSA) is 79.9 Å². The lowest BCUT2D eigenvalue weighted by molar-refractivity contribution is 0.102. The zero-order valence-corrected chi connectivity index (χ0v) is 12.4. The van der Waals surface area contributed by atoms with Crippen molar-refractivity contribution in [3.63, 3.8) is 0 Å². The van der Waals surface area contributed by atoms with Crippen LogP contribution in [0.1, 0.15) is 10.4 Å². The first-order valence-corrected chi connectivity index (χ1v) is 6.41. The van der Waals surface area contributed by atoms with Crippen LogP contribution in [0.5, 0.6) is 6.01 Å². The molecule has 0 spiro atoms. The normalized spacial score (nSPS) is 10.2. The van der Waals surface area contributed by atoms with Crippen molar-refractivity contribution < 1.29 is 9.53 Å². The fourth-order valence-corrected chi connectivity index (χ4v) is 2.03. The van der Waals surface area contributed by atoms with Crippen LogP contribution in [0.25, 0.3) is 0 Å². The third-order valence-electron chi connectivity index (χ3n) is 2.05. The van der Waals surface area contributed by atoms with Crippen LogP contribution in [-0.2, 0) is 0 Å². The van der Waals surface area contributed by atoms with Gasteiger partial charge in [-0.1, -0.05) is 15.9 Å². The van der Waals surface area contributed by atoms with E-state index in [4.69, 9.17) is 4.74 Å². The highest BCUT2D eigenvalue weighted by Gasteiger charge is 2.13. The smallest absolute Gasteiger partial charge is 0.336 e. The van der Waals surface area contributed by atoms with E-state index in [1.165, 1.54) is 7.11 Å². The van der Waals surface area contributed by atoms with E-state index in [0.717, 1.165) is 4.47 Å². The highest BCUT2D eigenvalue weighted by molar-refractivity contribution is 9.11. The Kier molecular flexibility index (Phi) is 3.97. The van der Waals surface area contributed by atoms with Gasteiger partial charge in [-0.05, 0) is 34.1 Å². The van der Waals surface area contributed by atoms with Crippen LogP contribution in [0.15, 0.2) is 27.1 Å². The van der Waals surface area contributed by atoms with Crippen molar-refractivity contribution in [2.24, 2.45) is 0 Å².